The topological polar surface area (TPSA) is 104 Å². The van der Waals surface area contributed by atoms with Crippen molar-refractivity contribution in [3.63, 3.8) is 0 Å². The third-order valence-electron chi connectivity index (χ3n) is 8.48. The van der Waals surface area contributed by atoms with E-state index in [1.807, 2.05) is 48.5 Å². The van der Waals surface area contributed by atoms with E-state index in [1.54, 1.807) is 23.4 Å². The Balaban J connectivity index is 1.32. The van der Waals surface area contributed by atoms with Gasteiger partial charge in [0.15, 0.2) is 0 Å². The first-order valence-electron chi connectivity index (χ1n) is 15.1. The molecule has 1 aliphatic rings. The minimum Gasteiger partial charge on any atom is -0.395 e. The summed E-state index contributed by atoms with van der Waals surface area (Å²) in [5.41, 5.74) is 2.25. The molecule has 3 aromatic heterocycles. The predicted octanol–water partition coefficient (Wildman–Crippen LogP) is 5.60. The van der Waals surface area contributed by atoms with Crippen LogP contribution in [0.3, 0.4) is 0 Å². The Labute approximate surface area is 266 Å². The summed E-state index contributed by atoms with van der Waals surface area (Å²) in [6.45, 7) is 0.694. The van der Waals surface area contributed by atoms with Crippen molar-refractivity contribution in [2.45, 2.75) is 6.18 Å². The zero-order valence-electron chi connectivity index (χ0n) is 25.0. The van der Waals surface area contributed by atoms with E-state index >= 15 is 0 Å². The molecule has 1 saturated heterocycles. The standard InChI is InChI=1S/C35H29F3N6O3/c36-35(37,38)28-19-26(7-9-31(28)42-12-14-43(15-13-42)34(47)39-11-16-45)44-32(46)10-6-24-20-41-30-8-5-22(18-27(30)33(24)44)25-17-23-3-1-2-4-29(23)40-21-25/h1-10,17-21,45H,11-16H2,(H,39,47). The Kier molecular flexibility index (Phi) is 7.72. The van der Waals surface area contributed by atoms with E-state index in [9.17, 15) is 22.8 Å². The number of piperazine rings is 1. The van der Waals surface area contributed by atoms with Gasteiger partial charge in [0.05, 0.1) is 34.4 Å². The van der Waals surface area contributed by atoms with Gasteiger partial charge in [-0.25, -0.2) is 4.79 Å². The molecule has 0 unspecified atom stereocenters. The van der Waals surface area contributed by atoms with Crippen molar-refractivity contribution >= 4 is 44.4 Å². The van der Waals surface area contributed by atoms with Crippen molar-refractivity contribution in [2.75, 3.05) is 44.2 Å². The second kappa shape index (κ2) is 12.0. The highest BCUT2D eigenvalue weighted by Gasteiger charge is 2.36. The number of nitrogens with one attached hydrogen (secondary N) is 1. The van der Waals surface area contributed by atoms with Gasteiger partial charge in [-0.15, -0.1) is 0 Å². The molecular formula is C35H29F3N6O3. The molecule has 0 atom stereocenters. The van der Waals surface area contributed by atoms with Gasteiger partial charge in [0.25, 0.3) is 5.56 Å². The fraction of sp³-hybridized carbons (Fsp3) is 0.200. The van der Waals surface area contributed by atoms with E-state index in [0.717, 1.165) is 28.1 Å². The second-order valence-corrected chi connectivity index (χ2v) is 11.3. The molecule has 7 rings (SSSR count). The van der Waals surface area contributed by atoms with Crippen LogP contribution in [0.2, 0.25) is 0 Å². The molecule has 12 heteroatoms. The lowest BCUT2D eigenvalue weighted by atomic mass is 10.0. The van der Waals surface area contributed by atoms with Gasteiger partial charge >= 0.3 is 12.2 Å². The van der Waals surface area contributed by atoms with Gasteiger partial charge in [-0.1, -0.05) is 24.3 Å². The summed E-state index contributed by atoms with van der Waals surface area (Å²) in [6, 6.07) is 21.9. The molecule has 2 N–H and O–H groups in total. The molecule has 0 bridgehead atoms. The Morgan fingerprint density at radius 1 is 0.830 bits per heavy atom. The van der Waals surface area contributed by atoms with E-state index in [4.69, 9.17) is 5.11 Å². The average Bonchev–Trinajstić information content (AvgIpc) is 3.09. The van der Waals surface area contributed by atoms with Gasteiger partial charge in [0.1, 0.15) is 0 Å². The molecule has 0 saturated carbocycles. The number of aliphatic hydroxyl groups excluding tert-OH is 1. The quantitative estimate of drug-likeness (QED) is 0.239. The number of pyridine rings is 3. The van der Waals surface area contributed by atoms with Gasteiger partial charge in [-0.3, -0.25) is 19.3 Å². The Morgan fingerprint density at radius 2 is 1.62 bits per heavy atom. The van der Waals surface area contributed by atoms with Crippen LogP contribution in [0.15, 0.2) is 96.1 Å². The number of aliphatic hydroxyl groups is 1. The number of carbonyl (C=O) groups is 1. The predicted molar refractivity (Wildman–Crippen MR) is 175 cm³/mol. The normalized spacial score (nSPS) is 13.9. The van der Waals surface area contributed by atoms with Crippen LogP contribution in [0.5, 0.6) is 0 Å². The van der Waals surface area contributed by atoms with Crippen LogP contribution < -0.4 is 15.8 Å². The maximum absolute atomic E-state index is 14.6. The minimum atomic E-state index is -4.71. The monoisotopic (exact) mass is 638 g/mol. The molecule has 0 aliphatic carbocycles. The molecule has 3 aromatic carbocycles. The molecule has 0 radical (unpaired) electrons. The number of fused-ring (bicyclic) bond motifs is 4. The van der Waals surface area contributed by atoms with Crippen LogP contribution in [0, 0.1) is 0 Å². The molecule has 6 aromatic rings. The second-order valence-electron chi connectivity index (χ2n) is 11.3. The number of aromatic nitrogens is 3. The molecule has 1 fully saturated rings. The zero-order chi connectivity index (χ0) is 32.7. The molecule has 4 heterocycles. The summed E-state index contributed by atoms with van der Waals surface area (Å²) in [7, 11) is 0. The fourth-order valence-corrected chi connectivity index (χ4v) is 6.17. The first-order valence-corrected chi connectivity index (χ1v) is 15.1. The number of nitrogens with zero attached hydrogens (tertiary/aromatic N) is 5. The molecule has 0 spiro atoms. The van der Waals surface area contributed by atoms with E-state index in [0.29, 0.717) is 21.8 Å². The maximum Gasteiger partial charge on any atom is 0.418 e. The highest BCUT2D eigenvalue weighted by atomic mass is 19.4. The SMILES string of the molecule is O=C(NCCO)N1CCN(c2ccc(-n3c(=O)ccc4cnc5ccc(-c6cnc7ccccc7c6)cc5c43)cc2C(F)(F)F)CC1. The summed E-state index contributed by atoms with van der Waals surface area (Å²) in [5, 5.41) is 13.7. The average molecular weight is 639 g/mol. The van der Waals surface area contributed by atoms with Crippen LogP contribution in [0.4, 0.5) is 23.7 Å². The third kappa shape index (κ3) is 5.72. The van der Waals surface area contributed by atoms with Gasteiger partial charge in [0, 0.05) is 78.6 Å². The largest absolute Gasteiger partial charge is 0.418 e. The van der Waals surface area contributed by atoms with Crippen LogP contribution in [-0.4, -0.2) is 69.9 Å². The van der Waals surface area contributed by atoms with Crippen molar-refractivity contribution in [3.8, 4) is 16.8 Å². The molecular weight excluding hydrogens is 609 g/mol. The maximum atomic E-state index is 14.6. The van der Waals surface area contributed by atoms with Gasteiger partial charge in [-0.05, 0) is 54.1 Å². The highest BCUT2D eigenvalue weighted by Crippen LogP contribution is 2.39. The van der Waals surface area contributed by atoms with E-state index in [2.05, 4.69) is 15.3 Å². The molecule has 1 aliphatic heterocycles. The van der Waals surface area contributed by atoms with Crippen LogP contribution in [-0.2, 0) is 6.18 Å². The van der Waals surface area contributed by atoms with Crippen LogP contribution in [0.1, 0.15) is 5.56 Å². The smallest absolute Gasteiger partial charge is 0.395 e. The lowest BCUT2D eigenvalue weighted by Gasteiger charge is -2.37. The Bertz CT molecular complexity index is 2210. The number of rotatable bonds is 5. The lowest BCUT2D eigenvalue weighted by molar-refractivity contribution is -0.137. The van der Waals surface area contributed by atoms with Gasteiger partial charge in [0.2, 0.25) is 0 Å². The summed E-state index contributed by atoms with van der Waals surface area (Å²) >= 11 is 0. The van der Waals surface area contributed by atoms with Crippen LogP contribution in [0.25, 0.3) is 49.5 Å². The Morgan fingerprint density at radius 3 is 2.40 bits per heavy atom. The zero-order valence-corrected chi connectivity index (χ0v) is 25.0. The number of benzene rings is 3. The summed E-state index contributed by atoms with van der Waals surface area (Å²) in [4.78, 5) is 38.0. The number of halogens is 3. The van der Waals surface area contributed by atoms with Crippen LogP contribution >= 0.6 is 0 Å². The number of hydrogen-bond donors (Lipinski definition) is 2. The highest BCUT2D eigenvalue weighted by molar-refractivity contribution is 6.05. The number of carbonyl (C=O) groups excluding carboxylic acids is 1. The summed E-state index contributed by atoms with van der Waals surface area (Å²) < 4.78 is 45.2. The van der Waals surface area contributed by atoms with Crippen molar-refractivity contribution in [2.24, 2.45) is 0 Å². The van der Waals surface area contributed by atoms with Gasteiger partial charge < -0.3 is 20.2 Å². The first-order chi connectivity index (χ1) is 22.7. The number of hydrogen-bond acceptors (Lipinski definition) is 6. The van der Waals surface area contributed by atoms with Crippen molar-refractivity contribution in [1.82, 2.24) is 24.8 Å². The molecule has 2 amide bonds. The van der Waals surface area contributed by atoms with Gasteiger partial charge in [-0.2, -0.15) is 13.2 Å². The lowest BCUT2D eigenvalue weighted by Crippen LogP contribution is -2.52. The number of anilines is 1. The van der Waals surface area contributed by atoms with E-state index in [-0.39, 0.29) is 56.7 Å². The summed E-state index contributed by atoms with van der Waals surface area (Å²) in [5.74, 6) is 0. The number of para-hydroxylation sites is 1. The van der Waals surface area contributed by atoms with Crippen molar-refractivity contribution < 1.29 is 23.1 Å². The minimum absolute atomic E-state index is 0.0254. The summed E-state index contributed by atoms with van der Waals surface area (Å²) in [6.07, 6.45) is -1.33. The van der Waals surface area contributed by atoms with E-state index in [1.165, 1.54) is 27.7 Å². The fourth-order valence-electron chi connectivity index (χ4n) is 6.17. The molecule has 9 nitrogen and oxygen atoms in total. The Hall–Kier alpha value is -5.49. The van der Waals surface area contributed by atoms with Crippen molar-refractivity contribution in [1.29, 1.82) is 0 Å². The number of urea groups is 1. The van der Waals surface area contributed by atoms with Crippen molar-refractivity contribution in [3.05, 3.63) is 107 Å². The number of alkyl halides is 3. The third-order valence-corrected chi connectivity index (χ3v) is 8.48. The first kappa shape index (κ1) is 30.2. The molecule has 47 heavy (non-hydrogen) atoms. The number of amides is 2. The molecule has 238 valence electrons. The van der Waals surface area contributed by atoms with E-state index < -0.39 is 17.3 Å².